The molecule has 0 aliphatic rings. The summed E-state index contributed by atoms with van der Waals surface area (Å²) in [6.07, 6.45) is 0. The number of nitrogens with one attached hydrogen (secondary N) is 1. The van der Waals surface area contributed by atoms with E-state index in [0.29, 0.717) is 13.2 Å². The molecule has 0 atom stereocenters. The van der Waals surface area contributed by atoms with Crippen molar-refractivity contribution < 1.29 is 19.0 Å². The largest absolute Gasteiger partial charge is 0.491 e. The van der Waals surface area contributed by atoms with Gasteiger partial charge in [-0.05, 0) is 12.1 Å². The van der Waals surface area contributed by atoms with Crippen LogP contribution < -0.4 is 10.1 Å². The number of methoxy groups -OCH3 is 2. The number of rotatable bonds is 7. The zero-order valence-electron chi connectivity index (χ0n) is 10.1. The van der Waals surface area contributed by atoms with E-state index in [4.69, 9.17) is 9.47 Å². The highest BCUT2D eigenvalue weighted by Gasteiger charge is 2.00. The Balaban J connectivity index is 2.44. The van der Waals surface area contributed by atoms with Gasteiger partial charge in [-0.25, -0.2) is 0 Å². The number of anilines is 1. The van der Waals surface area contributed by atoms with Gasteiger partial charge in [-0.2, -0.15) is 0 Å². The number of ether oxygens (including phenoxy) is 3. The van der Waals surface area contributed by atoms with Gasteiger partial charge in [0.1, 0.15) is 18.9 Å². The number of hydrogen-bond donors (Lipinski definition) is 1. The molecular weight excluding hydrogens is 222 g/mol. The van der Waals surface area contributed by atoms with E-state index in [1.807, 2.05) is 24.3 Å². The molecule has 0 aliphatic heterocycles. The second kappa shape index (κ2) is 7.51. The molecule has 0 aliphatic carbocycles. The summed E-state index contributed by atoms with van der Waals surface area (Å²) in [5.41, 5.74) is 0.810. The molecule has 0 heterocycles. The summed E-state index contributed by atoms with van der Waals surface area (Å²) in [6.45, 7) is 1.18. The third-order valence-electron chi connectivity index (χ3n) is 2.05. The molecule has 17 heavy (non-hydrogen) atoms. The predicted molar refractivity (Wildman–Crippen MR) is 64.3 cm³/mol. The maximum Gasteiger partial charge on any atom is 0.325 e. The molecule has 0 radical (unpaired) electrons. The van der Waals surface area contributed by atoms with Crippen LogP contribution in [0.25, 0.3) is 0 Å². The highest BCUT2D eigenvalue weighted by molar-refractivity contribution is 5.74. The topological polar surface area (TPSA) is 56.8 Å². The number of benzene rings is 1. The normalized spacial score (nSPS) is 9.76. The van der Waals surface area contributed by atoms with Crippen LogP contribution in [-0.4, -0.2) is 39.9 Å². The second-order valence-corrected chi connectivity index (χ2v) is 3.30. The third kappa shape index (κ3) is 5.21. The maximum atomic E-state index is 10.9. The Morgan fingerprint density at radius 2 is 2.12 bits per heavy atom. The fourth-order valence-corrected chi connectivity index (χ4v) is 1.19. The van der Waals surface area contributed by atoms with E-state index in [-0.39, 0.29) is 12.5 Å². The molecular formula is C12H17NO4. The van der Waals surface area contributed by atoms with Gasteiger partial charge in [-0.3, -0.25) is 4.79 Å². The molecule has 1 aromatic rings. The summed E-state index contributed by atoms with van der Waals surface area (Å²) < 4.78 is 14.9. The van der Waals surface area contributed by atoms with Crippen LogP contribution in [0.4, 0.5) is 5.69 Å². The van der Waals surface area contributed by atoms with Crippen molar-refractivity contribution in [3.63, 3.8) is 0 Å². The average molecular weight is 239 g/mol. The highest BCUT2D eigenvalue weighted by atomic mass is 16.5. The Hall–Kier alpha value is -1.75. The number of carbonyl (C=O) groups excluding carboxylic acids is 1. The lowest BCUT2D eigenvalue weighted by Crippen LogP contribution is -2.14. The van der Waals surface area contributed by atoms with Crippen molar-refractivity contribution in [1.82, 2.24) is 0 Å². The Labute approximate surface area is 101 Å². The Kier molecular flexibility index (Phi) is 5.88. The monoisotopic (exact) mass is 239 g/mol. The molecule has 0 saturated carbocycles. The van der Waals surface area contributed by atoms with E-state index in [0.717, 1.165) is 11.4 Å². The lowest BCUT2D eigenvalue weighted by molar-refractivity contribution is -0.138. The molecule has 0 aromatic heterocycles. The quantitative estimate of drug-likeness (QED) is 0.574. The van der Waals surface area contributed by atoms with Crippen LogP contribution in [0.5, 0.6) is 5.75 Å². The number of carbonyl (C=O) groups is 1. The minimum Gasteiger partial charge on any atom is -0.491 e. The molecule has 94 valence electrons. The summed E-state index contributed by atoms with van der Waals surface area (Å²) in [6, 6.07) is 7.37. The van der Waals surface area contributed by atoms with Crippen LogP contribution in [0.15, 0.2) is 24.3 Å². The molecule has 1 N–H and O–H groups in total. The van der Waals surface area contributed by atoms with Crippen molar-refractivity contribution in [2.24, 2.45) is 0 Å². The van der Waals surface area contributed by atoms with Gasteiger partial charge < -0.3 is 19.5 Å². The van der Waals surface area contributed by atoms with Gasteiger partial charge in [-0.1, -0.05) is 6.07 Å². The first-order valence-electron chi connectivity index (χ1n) is 5.28. The van der Waals surface area contributed by atoms with E-state index in [1.54, 1.807) is 7.11 Å². The molecule has 0 bridgehead atoms. The first kappa shape index (κ1) is 13.3. The molecule has 0 spiro atoms. The van der Waals surface area contributed by atoms with Crippen LogP contribution in [-0.2, 0) is 14.3 Å². The lowest BCUT2D eigenvalue weighted by Gasteiger charge is -2.08. The standard InChI is InChI=1S/C12H17NO4/c1-15-6-7-17-11-5-3-4-10(8-11)13-9-12(14)16-2/h3-5,8,13H,6-7,9H2,1-2H3. The molecule has 5 heteroatoms. The number of hydrogen-bond acceptors (Lipinski definition) is 5. The van der Waals surface area contributed by atoms with Crippen molar-refractivity contribution in [3.05, 3.63) is 24.3 Å². The Bertz CT molecular complexity index is 354. The first-order valence-corrected chi connectivity index (χ1v) is 5.28. The van der Waals surface area contributed by atoms with E-state index in [1.165, 1.54) is 7.11 Å². The molecule has 1 aromatic carbocycles. The summed E-state index contributed by atoms with van der Waals surface area (Å²) >= 11 is 0. The average Bonchev–Trinajstić information content (AvgIpc) is 2.37. The Morgan fingerprint density at radius 3 is 2.82 bits per heavy atom. The number of esters is 1. The summed E-state index contributed by atoms with van der Waals surface area (Å²) in [4.78, 5) is 10.9. The molecule has 1 rings (SSSR count). The highest BCUT2D eigenvalue weighted by Crippen LogP contribution is 2.16. The van der Waals surface area contributed by atoms with E-state index >= 15 is 0 Å². The smallest absolute Gasteiger partial charge is 0.325 e. The van der Waals surface area contributed by atoms with Crippen LogP contribution in [0.2, 0.25) is 0 Å². The minimum atomic E-state index is -0.310. The fraction of sp³-hybridized carbons (Fsp3) is 0.417. The lowest BCUT2D eigenvalue weighted by atomic mass is 10.3. The molecule has 5 nitrogen and oxygen atoms in total. The zero-order chi connectivity index (χ0) is 12.5. The fourth-order valence-electron chi connectivity index (χ4n) is 1.19. The van der Waals surface area contributed by atoms with Crippen LogP contribution in [0.3, 0.4) is 0 Å². The van der Waals surface area contributed by atoms with Crippen molar-refractivity contribution >= 4 is 11.7 Å². The molecule has 0 amide bonds. The van der Waals surface area contributed by atoms with Gasteiger partial charge in [0, 0.05) is 18.9 Å². The molecule has 0 unspecified atom stereocenters. The first-order chi connectivity index (χ1) is 8.26. The van der Waals surface area contributed by atoms with E-state index in [2.05, 4.69) is 10.1 Å². The summed E-state index contributed by atoms with van der Waals surface area (Å²) in [7, 11) is 2.98. The van der Waals surface area contributed by atoms with Gasteiger partial charge >= 0.3 is 5.97 Å². The van der Waals surface area contributed by atoms with Gasteiger partial charge in [-0.15, -0.1) is 0 Å². The van der Waals surface area contributed by atoms with E-state index in [9.17, 15) is 4.79 Å². The van der Waals surface area contributed by atoms with Gasteiger partial charge in [0.2, 0.25) is 0 Å². The van der Waals surface area contributed by atoms with Crippen molar-refractivity contribution in [2.45, 2.75) is 0 Å². The van der Waals surface area contributed by atoms with Crippen LogP contribution >= 0.6 is 0 Å². The maximum absolute atomic E-state index is 10.9. The zero-order valence-corrected chi connectivity index (χ0v) is 10.1. The third-order valence-corrected chi connectivity index (χ3v) is 2.05. The molecule has 0 fully saturated rings. The van der Waals surface area contributed by atoms with Crippen LogP contribution in [0, 0.1) is 0 Å². The van der Waals surface area contributed by atoms with Gasteiger partial charge in [0.15, 0.2) is 0 Å². The van der Waals surface area contributed by atoms with Crippen molar-refractivity contribution in [3.8, 4) is 5.75 Å². The SMILES string of the molecule is COCCOc1cccc(NCC(=O)OC)c1. The minimum absolute atomic E-state index is 0.137. The van der Waals surface area contributed by atoms with Crippen molar-refractivity contribution in [1.29, 1.82) is 0 Å². The van der Waals surface area contributed by atoms with E-state index < -0.39 is 0 Å². The van der Waals surface area contributed by atoms with Crippen LogP contribution in [0.1, 0.15) is 0 Å². The Morgan fingerprint density at radius 1 is 1.29 bits per heavy atom. The summed E-state index contributed by atoms with van der Waals surface area (Å²) in [5.74, 6) is 0.424. The molecule has 0 saturated heterocycles. The predicted octanol–water partition coefficient (Wildman–Crippen LogP) is 1.30. The van der Waals surface area contributed by atoms with Gasteiger partial charge in [0.05, 0.1) is 13.7 Å². The van der Waals surface area contributed by atoms with Gasteiger partial charge in [0.25, 0.3) is 0 Å². The summed E-state index contributed by atoms with van der Waals surface area (Å²) in [5, 5.41) is 2.94. The second-order valence-electron chi connectivity index (χ2n) is 3.30. The van der Waals surface area contributed by atoms with Crippen molar-refractivity contribution in [2.75, 3.05) is 39.3 Å².